The SMILES string of the molecule is CC1(C)OC[C@@H](O)[C@H](n2cc(-c3ccc(CO)cn3)nn2)CO1. The number of rotatable bonds is 3. The summed E-state index contributed by atoms with van der Waals surface area (Å²) in [5.74, 6) is -0.735. The molecular formula is C15H20N4O4. The first-order chi connectivity index (χ1) is 11.0. The third-order valence-electron chi connectivity index (χ3n) is 3.77. The van der Waals surface area contributed by atoms with Crippen molar-refractivity contribution in [3.8, 4) is 11.4 Å². The normalized spacial score (nSPS) is 24.3. The lowest BCUT2D eigenvalue weighted by atomic mass is 10.2. The van der Waals surface area contributed by atoms with E-state index in [1.165, 1.54) is 0 Å². The van der Waals surface area contributed by atoms with Crippen molar-refractivity contribution in [1.82, 2.24) is 20.0 Å². The van der Waals surface area contributed by atoms with Crippen molar-refractivity contribution in [2.75, 3.05) is 13.2 Å². The number of hydrogen-bond acceptors (Lipinski definition) is 7. The Balaban J connectivity index is 1.80. The van der Waals surface area contributed by atoms with Gasteiger partial charge in [-0.15, -0.1) is 5.10 Å². The van der Waals surface area contributed by atoms with E-state index in [9.17, 15) is 5.11 Å². The average Bonchev–Trinajstić information content (AvgIpc) is 2.98. The molecule has 2 aromatic heterocycles. The maximum absolute atomic E-state index is 10.2. The van der Waals surface area contributed by atoms with Crippen molar-refractivity contribution in [2.24, 2.45) is 0 Å². The predicted molar refractivity (Wildman–Crippen MR) is 80.2 cm³/mol. The van der Waals surface area contributed by atoms with Crippen LogP contribution in [0.15, 0.2) is 24.5 Å². The van der Waals surface area contributed by atoms with Gasteiger partial charge in [0.2, 0.25) is 0 Å². The fraction of sp³-hybridized carbons (Fsp3) is 0.533. The minimum atomic E-state index is -0.740. The first-order valence-corrected chi connectivity index (χ1v) is 7.42. The highest BCUT2D eigenvalue weighted by atomic mass is 16.7. The van der Waals surface area contributed by atoms with Crippen molar-refractivity contribution in [2.45, 2.75) is 38.4 Å². The second-order valence-corrected chi connectivity index (χ2v) is 5.95. The lowest BCUT2D eigenvalue weighted by molar-refractivity contribution is -0.204. The predicted octanol–water partition coefficient (Wildman–Crippen LogP) is 0.517. The van der Waals surface area contributed by atoms with Crippen LogP contribution in [0.4, 0.5) is 0 Å². The van der Waals surface area contributed by atoms with Gasteiger partial charge in [-0.05, 0) is 25.5 Å². The lowest BCUT2D eigenvalue weighted by Gasteiger charge is -2.22. The van der Waals surface area contributed by atoms with Crippen LogP contribution < -0.4 is 0 Å². The van der Waals surface area contributed by atoms with E-state index in [1.807, 2.05) is 13.8 Å². The molecule has 8 nitrogen and oxygen atoms in total. The van der Waals surface area contributed by atoms with Gasteiger partial charge in [-0.3, -0.25) is 4.98 Å². The van der Waals surface area contributed by atoms with Gasteiger partial charge in [0.1, 0.15) is 17.8 Å². The van der Waals surface area contributed by atoms with E-state index in [1.54, 1.807) is 29.2 Å². The van der Waals surface area contributed by atoms with Crippen LogP contribution >= 0.6 is 0 Å². The molecule has 124 valence electrons. The van der Waals surface area contributed by atoms with Crippen LogP contribution in [0.2, 0.25) is 0 Å². The molecule has 0 saturated carbocycles. The highest BCUT2D eigenvalue weighted by Gasteiger charge is 2.33. The van der Waals surface area contributed by atoms with Crippen LogP contribution in [0, 0.1) is 0 Å². The number of ether oxygens (including phenoxy) is 2. The Bertz CT molecular complexity index is 656. The van der Waals surface area contributed by atoms with Crippen molar-refractivity contribution < 1.29 is 19.7 Å². The lowest BCUT2D eigenvalue weighted by Crippen LogP contribution is -2.29. The Morgan fingerprint density at radius 2 is 2.04 bits per heavy atom. The molecule has 0 radical (unpaired) electrons. The molecule has 3 heterocycles. The van der Waals surface area contributed by atoms with E-state index in [2.05, 4.69) is 15.3 Å². The molecule has 0 unspecified atom stereocenters. The standard InChI is InChI=1S/C15H20N4O4/c1-15(2)22-8-13(14(21)9-23-15)19-6-12(17-18-19)11-4-3-10(7-20)5-16-11/h3-6,13-14,20-21H,7-9H2,1-2H3/t13-,14-/m1/s1. The average molecular weight is 320 g/mol. The molecule has 0 bridgehead atoms. The smallest absolute Gasteiger partial charge is 0.162 e. The number of aliphatic hydroxyl groups is 2. The van der Waals surface area contributed by atoms with E-state index in [-0.39, 0.29) is 25.9 Å². The molecule has 23 heavy (non-hydrogen) atoms. The van der Waals surface area contributed by atoms with Crippen molar-refractivity contribution >= 4 is 0 Å². The van der Waals surface area contributed by atoms with Crippen molar-refractivity contribution in [3.05, 3.63) is 30.1 Å². The zero-order valence-electron chi connectivity index (χ0n) is 13.1. The zero-order chi connectivity index (χ0) is 16.4. The molecule has 2 N–H and O–H groups in total. The van der Waals surface area contributed by atoms with Gasteiger partial charge >= 0.3 is 0 Å². The maximum atomic E-state index is 10.2. The highest BCUT2D eigenvalue weighted by Crippen LogP contribution is 2.24. The monoisotopic (exact) mass is 320 g/mol. The largest absolute Gasteiger partial charge is 0.392 e. The molecule has 1 aliphatic heterocycles. The van der Waals surface area contributed by atoms with Crippen molar-refractivity contribution in [3.63, 3.8) is 0 Å². The molecule has 2 aromatic rings. The topological polar surface area (TPSA) is 103 Å². The first kappa shape index (κ1) is 16.0. The van der Waals surface area contributed by atoms with Crippen LogP contribution in [-0.4, -0.2) is 55.3 Å². The Labute approximate surface area is 133 Å². The molecular weight excluding hydrogens is 300 g/mol. The second-order valence-electron chi connectivity index (χ2n) is 5.95. The number of pyridine rings is 1. The fourth-order valence-electron chi connectivity index (χ4n) is 2.31. The summed E-state index contributed by atoms with van der Waals surface area (Å²) in [6.45, 7) is 3.99. The zero-order valence-corrected chi connectivity index (χ0v) is 13.1. The molecule has 2 atom stereocenters. The van der Waals surface area contributed by atoms with Gasteiger partial charge in [-0.2, -0.15) is 0 Å². The Hall–Kier alpha value is -1.87. The molecule has 1 saturated heterocycles. The molecule has 3 rings (SSSR count). The summed E-state index contributed by atoms with van der Waals surface area (Å²) in [6.07, 6.45) is 2.57. The Morgan fingerprint density at radius 3 is 2.74 bits per heavy atom. The molecule has 0 aliphatic carbocycles. The number of aromatic nitrogens is 4. The van der Waals surface area contributed by atoms with Gasteiger partial charge in [0.25, 0.3) is 0 Å². The summed E-state index contributed by atoms with van der Waals surface area (Å²) < 4.78 is 12.7. The minimum absolute atomic E-state index is 0.0542. The quantitative estimate of drug-likeness (QED) is 0.849. The van der Waals surface area contributed by atoms with Gasteiger partial charge in [-0.1, -0.05) is 11.3 Å². The third kappa shape index (κ3) is 3.56. The fourth-order valence-corrected chi connectivity index (χ4v) is 2.31. The number of aliphatic hydroxyl groups excluding tert-OH is 2. The van der Waals surface area contributed by atoms with E-state index in [0.717, 1.165) is 5.56 Å². The summed E-state index contributed by atoms with van der Waals surface area (Å²) in [5, 5.41) is 27.5. The first-order valence-electron chi connectivity index (χ1n) is 7.42. The Morgan fingerprint density at radius 1 is 1.26 bits per heavy atom. The van der Waals surface area contributed by atoms with E-state index in [4.69, 9.17) is 14.6 Å². The van der Waals surface area contributed by atoms with Crippen LogP contribution in [0.25, 0.3) is 11.4 Å². The van der Waals surface area contributed by atoms with Crippen molar-refractivity contribution in [1.29, 1.82) is 0 Å². The summed E-state index contributed by atoms with van der Waals surface area (Å²) >= 11 is 0. The number of nitrogens with zero attached hydrogens (tertiary/aromatic N) is 4. The van der Waals surface area contributed by atoms with Crippen LogP contribution in [0.3, 0.4) is 0 Å². The van der Waals surface area contributed by atoms with Crippen LogP contribution in [0.1, 0.15) is 25.5 Å². The Kier molecular flexibility index (Phi) is 4.40. The highest BCUT2D eigenvalue weighted by molar-refractivity contribution is 5.52. The minimum Gasteiger partial charge on any atom is -0.392 e. The van der Waals surface area contributed by atoms with Crippen LogP contribution in [-0.2, 0) is 16.1 Å². The van der Waals surface area contributed by atoms with Gasteiger partial charge < -0.3 is 19.7 Å². The summed E-state index contributed by atoms with van der Waals surface area (Å²) in [5.41, 5.74) is 1.97. The van der Waals surface area contributed by atoms with Gasteiger partial charge in [-0.25, -0.2) is 4.68 Å². The summed E-state index contributed by atoms with van der Waals surface area (Å²) in [6, 6.07) is 3.17. The molecule has 0 spiro atoms. The van der Waals surface area contributed by atoms with E-state index >= 15 is 0 Å². The number of hydrogen-bond donors (Lipinski definition) is 2. The van der Waals surface area contributed by atoms with E-state index in [0.29, 0.717) is 11.4 Å². The molecule has 0 amide bonds. The maximum Gasteiger partial charge on any atom is 0.162 e. The van der Waals surface area contributed by atoms with Gasteiger partial charge in [0.05, 0.1) is 31.7 Å². The van der Waals surface area contributed by atoms with Gasteiger partial charge in [0, 0.05) is 6.20 Å². The summed E-state index contributed by atoms with van der Waals surface area (Å²) in [4.78, 5) is 4.24. The molecule has 1 aliphatic rings. The second kappa shape index (κ2) is 6.32. The summed E-state index contributed by atoms with van der Waals surface area (Å²) in [7, 11) is 0. The van der Waals surface area contributed by atoms with Gasteiger partial charge in [0.15, 0.2) is 5.79 Å². The van der Waals surface area contributed by atoms with E-state index < -0.39 is 11.9 Å². The van der Waals surface area contributed by atoms with Crippen LogP contribution in [0.5, 0.6) is 0 Å². The third-order valence-corrected chi connectivity index (χ3v) is 3.77. The molecule has 0 aromatic carbocycles. The molecule has 8 heteroatoms. The molecule has 1 fully saturated rings.